The Hall–Kier alpha value is -0.910. The summed E-state index contributed by atoms with van der Waals surface area (Å²) in [5.41, 5.74) is 0.537. The van der Waals surface area contributed by atoms with Gasteiger partial charge in [0.05, 0.1) is 25.4 Å². The number of ether oxygens (including phenoxy) is 3. The molecule has 1 saturated heterocycles. The van der Waals surface area contributed by atoms with Crippen LogP contribution in [0.15, 0.2) is 22.7 Å². The van der Waals surface area contributed by atoms with Gasteiger partial charge in [0.1, 0.15) is 5.75 Å². The summed E-state index contributed by atoms with van der Waals surface area (Å²) in [6, 6.07) is 5.35. The van der Waals surface area contributed by atoms with Crippen molar-refractivity contribution in [2.24, 2.45) is 0 Å². The van der Waals surface area contributed by atoms with Gasteiger partial charge in [0.15, 0.2) is 12.6 Å². The number of halogens is 1. The van der Waals surface area contributed by atoms with Crippen molar-refractivity contribution < 1.29 is 19.0 Å². The van der Waals surface area contributed by atoms with Crippen molar-refractivity contribution in [1.29, 1.82) is 0 Å². The number of carbonyl (C=O) groups is 1. The zero-order chi connectivity index (χ0) is 12.8. The molecule has 0 bridgehead atoms. The Morgan fingerprint density at radius 3 is 2.89 bits per heavy atom. The quantitative estimate of drug-likeness (QED) is 0.784. The Morgan fingerprint density at radius 1 is 1.39 bits per heavy atom. The van der Waals surface area contributed by atoms with Gasteiger partial charge in [0.25, 0.3) is 0 Å². The van der Waals surface area contributed by atoms with Gasteiger partial charge in [-0.1, -0.05) is 15.9 Å². The summed E-state index contributed by atoms with van der Waals surface area (Å²) in [6.07, 6.45) is 2.20. The molecule has 1 aromatic rings. The van der Waals surface area contributed by atoms with E-state index < -0.39 is 0 Å². The lowest BCUT2D eigenvalue weighted by atomic mass is 10.2. The van der Waals surface area contributed by atoms with Crippen LogP contribution in [-0.2, 0) is 9.47 Å². The molecule has 0 unspecified atom stereocenters. The van der Waals surface area contributed by atoms with Crippen LogP contribution < -0.4 is 4.74 Å². The van der Waals surface area contributed by atoms with Crippen molar-refractivity contribution in [3.05, 3.63) is 28.2 Å². The van der Waals surface area contributed by atoms with Gasteiger partial charge in [-0.15, -0.1) is 0 Å². The number of carbonyl (C=O) groups excluding carboxylic acids is 1. The summed E-state index contributed by atoms with van der Waals surface area (Å²) in [4.78, 5) is 10.9. The molecule has 1 heterocycles. The fourth-order valence-corrected chi connectivity index (χ4v) is 2.09. The van der Waals surface area contributed by atoms with Gasteiger partial charge in [-0.25, -0.2) is 0 Å². The molecular formula is C13H15BrO4. The van der Waals surface area contributed by atoms with E-state index in [-0.39, 0.29) is 6.29 Å². The molecule has 0 aromatic heterocycles. The normalized spacial score (nSPS) is 16.5. The molecule has 0 spiro atoms. The average molecular weight is 315 g/mol. The van der Waals surface area contributed by atoms with Crippen LogP contribution in [0.1, 0.15) is 23.2 Å². The molecule has 1 fully saturated rings. The SMILES string of the molecule is O=Cc1cc(Br)ccc1OCCC1OCCCO1. The lowest BCUT2D eigenvalue weighted by molar-refractivity contribution is -0.183. The maximum atomic E-state index is 10.9. The molecule has 1 aliphatic heterocycles. The van der Waals surface area contributed by atoms with Crippen molar-refractivity contribution in [2.45, 2.75) is 19.1 Å². The Labute approximate surface area is 114 Å². The first-order valence-corrected chi connectivity index (χ1v) is 6.69. The lowest BCUT2D eigenvalue weighted by Crippen LogP contribution is -2.26. The van der Waals surface area contributed by atoms with Crippen molar-refractivity contribution >= 4 is 22.2 Å². The van der Waals surface area contributed by atoms with Gasteiger partial charge in [-0.2, -0.15) is 0 Å². The lowest BCUT2D eigenvalue weighted by Gasteiger charge is -2.23. The van der Waals surface area contributed by atoms with Crippen molar-refractivity contribution in [3.63, 3.8) is 0 Å². The molecule has 0 atom stereocenters. The smallest absolute Gasteiger partial charge is 0.160 e. The summed E-state index contributed by atoms with van der Waals surface area (Å²) in [6.45, 7) is 1.94. The highest BCUT2D eigenvalue weighted by atomic mass is 79.9. The summed E-state index contributed by atoms with van der Waals surface area (Å²) >= 11 is 3.31. The number of hydrogen-bond donors (Lipinski definition) is 0. The van der Waals surface area contributed by atoms with E-state index in [1.54, 1.807) is 12.1 Å². The van der Waals surface area contributed by atoms with E-state index >= 15 is 0 Å². The minimum Gasteiger partial charge on any atom is -0.493 e. The molecule has 0 aliphatic carbocycles. The molecule has 0 amide bonds. The number of benzene rings is 1. The topological polar surface area (TPSA) is 44.8 Å². The molecule has 5 heteroatoms. The van der Waals surface area contributed by atoms with Crippen LogP contribution in [0.4, 0.5) is 0 Å². The molecule has 0 saturated carbocycles. The molecule has 1 aliphatic rings. The first kappa shape index (κ1) is 13.5. The third-order valence-corrected chi connectivity index (χ3v) is 3.10. The number of hydrogen-bond acceptors (Lipinski definition) is 4. The van der Waals surface area contributed by atoms with Crippen LogP contribution in [-0.4, -0.2) is 32.4 Å². The van der Waals surface area contributed by atoms with Gasteiger partial charge in [-0.3, -0.25) is 4.79 Å². The fraction of sp³-hybridized carbons (Fsp3) is 0.462. The summed E-state index contributed by atoms with van der Waals surface area (Å²) in [5.74, 6) is 0.587. The van der Waals surface area contributed by atoms with Crippen LogP contribution in [0, 0.1) is 0 Å². The van der Waals surface area contributed by atoms with Gasteiger partial charge in [0.2, 0.25) is 0 Å². The minimum atomic E-state index is -0.186. The van der Waals surface area contributed by atoms with Crippen LogP contribution in [0.25, 0.3) is 0 Å². The number of rotatable bonds is 5. The second kappa shape index (κ2) is 6.87. The highest BCUT2D eigenvalue weighted by molar-refractivity contribution is 9.10. The molecular weight excluding hydrogens is 300 g/mol. The zero-order valence-electron chi connectivity index (χ0n) is 9.93. The average Bonchev–Trinajstić information content (AvgIpc) is 2.41. The second-order valence-corrected chi connectivity index (χ2v) is 4.88. The molecule has 4 nitrogen and oxygen atoms in total. The van der Waals surface area contributed by atoms with E-state index in [2.05, 4.69) is 15.9 Å². The maximum absolute atomic E-state index is 10.9. The Morgan fingerprint density at radius 2 is 2.17 bits per heavy atom. The minimum absolute atomic E-state index is 0.186. The van der Waals surface area contributed by atoms with E-state index in [0.717, 1.165) is 30.4 Å². The first-order valence-electron chi connectivity index (χ1n) is 5.90. The first-order chi connectivity index (χ1) is 8.79. The van der Waals surface area contributed by atoms with Gasteiger partial charge in [0, 0.05) is 10.9 Å². The Balaban J connectivity index is 1.84. The van der Waals surface area contributed by atoms with Crippen molar-refractivity contribution in [1.82, 2.24) is 0 Å². The molecule has 98 valence electrons. The maximum Gasteiger partial charge on any atom is 0.160 e. The molecule has 18 heavy (non-hydrogen) atoms. The van der Waals surface area contributed by atoms with Gasteiger partial charge in [-0.05, 0) is 24.6 Å². The molecule has 2 rings (SSSR count). The van der Waals surface area contributed by atoms with Crippen LogP contribution in [0.3, 0.4) is 0 Å². The van der Waals surface area contributed by atoms with Crippen LogP contribution in [0.2, 0.25) is 0 Å². The van der Waals surface area contributed by atoms with Crippen LogP contribution >= 0.6 is 15.9 Å². The van der Waals surface area contributed by atoms with Gasteiger partial charge < -0.3 is 14.2 Å². The predicted octanol–water partition coefficient (Wildman–Crippen LogP) is 2.79. The van der Waals surface area contributed by atoms with Crippen LogP contribution in [0.5, 0.6) is 5.75 Å². The molecule has 0 N–H and O–H groups in total. The van der Waals surface area contributed by atoms with Crippen molar-refractivity contribution in [2.75, 3.05) is 19.8 Å². The van der Waals surface area contributed by atoms with E-state index in [9.17, 15) is 4.79 Å². The third kappa shape index (κ3) is 3.80. The largest absolute Gasteiger partial charge is 0.493 e. The highest BCUT2D eigenvalue weighted by Gasteiger charge is 2.14. The monoisotopic (exact) mass is 314 g/mol. The van der Waals surface area contributed by atoms with E-state index in [4.69, 9.17) is 14.2 Å². The standard InChI is InChI=1S/C13H15BrO4/c14-11-2-3-12(10(8-11)9-15)16-7-4-13-17-5-1-6-18-13/h2-3,8-9,13H,1,4-7H2. The summed E-state index contributed by atoms with van der Waals surface area (Å²) in [7, 11) is 0. The Bertz CT molecular complexity index is 402. The molecule has 0 radical (unpaired) electrons. The van der Waals surface area contributed by atoms with Gasteiger partial charge >= 0.3 is 0 Å². The fourth-order valence-electron chi connectivity index (χ4n) is 1.71. The Kier molecular flexibility index (Phi) is 5.16. The molecule has 1 aromatic carbocycles. The van der Waals surface area contributed by atoms with E-state index in [1.807, 2.05) is 6.07 Å². The predicted molar refractivity (Wildman–Crippen MR) is 70.0 cm³/mol. The van der Waals surface area contributed by atoms with E-state index in [0.29, 0.717) is 24.3 Å². The third-order valence-electron chi connectivity index (χ3n) is 2.61. The number of aldehydes is 1. The zero-order valence-corrected chi connectivity index (χ0v) is 11.5. The summed E-state index contributed by atoms with van der Waals surface area (Å²) in [5, 5.41) is 0. The van der Waals surface area contributed by atoms with E-state index in [1.165, 1.54) is 0 Å². The highest BCUT2D eigenvalue weighted by Crippen LogP contribution is 2.22. The summed E-state index contributed by atoms with van der Waals surface area (Å²) < 4.78 is 17.3. The second-order valence-electron chi connectivity index (χ2n) is 3.96. The van der Waals surface area contributed by atoms with Crippen molar-refractivity contribution in [3.8, 4) is 5.75 Å².